The highest BCUT2D eigenvalue weighted by atomic mass is 32.1. The summed E-state index contributed by atoms with van der Waals surface area (Å²) in [6.45, 7) is 10.2. The summed E-state index contributed by atoms with van der Waals surface area (Å²) >= 11 is 1.51. The molecule has 0 N–H and O–H groups in total. The van der Waals surface area contributed by atoms with Crippen molar-refractivity contribution < 1.29 is 38.1 Å². The Morgan fingerprint density at radius 2 is 0.494 bits per heavy atom. The zero-order valence-corrected chi connectivity index (χ0v) is 52.1. The molecule has 8 nitrogen and oxygen atoms in total. The Hall–Kier alpha value is -4.50. The van der Waals surface area contributed by atoms with Gasteiger partial charge in [-0.05, 0) is 60.7 Å². The van der Waals surface area contributed by atoms with Crippen molar-refractivity contribution in [1.29, 1.82) is 0 Å². The highest BCUT2D eigenvalue weighted by Crippen LogP contribution is 2.51. The van der Waals surface area contributed by atoms with Crippen molar-refractivity contribution in [2.45, 2.75) is 285 Å². The zero-order valence-electron chi connectivity index (χ0n) is 51.3. The highest BCUT2D eigenvalue weighted by molar-refractivity contribution is 7.26. The van der Waals surface area contributed by atoms with Gasteiger partial charge < -0.3 is 18.9 Å². The first-order valence-electron chi connectivity index (χ1n) is 33.5. The topological polar surface area (TPSA) is 105 Å². The van der Waals surface area contributed by atoms with Crippen molar-refractivity contribution in [1.82, 2.24) is 0 Å². The smallest absolute Gasteiger partial charge is 0.338 e. The van der Waals surface area contributed by atoms with E-state index >= 15 is 0 Å². The molecule has 0 aliphatic carbocycles. The molecule has 0 fully saturated rings. The Kier molecular flexibility index (Phi) is 31.1. The van der Waals surface area contributed by atoms with E-state index in [1.165, 1.54) is 191 Å². The van der Waals surface area contributed by atoms with Gasteiger partial charge in [-0.2, -0.15) is 0 Å². The summed E-state index contributed by atoms with van der Waals surface area (Å²) in [5.41, 5.74) is 1.36. The van der Waals surface area contributed by atoms with Crippen LogP contribution in [0.3, 0.4) is 0 Å². The van der Waals surface area contributed by atoms with Crippen LogP contribution in [0, 0.1) is 0 Å². The van der Waals surface area contributed by atoms with Gasteiger partial charge in [0.1, 0.15) is 0 Å². The lowest BCUT2D eigenvalue weighted by molar-refractivity contribution is 0.0483. The Morgan fingerprint density at radius 3 is 0.741 bits per heavy atom. The standard InChI is InChI=1S/C72H106O8S/c1-5-9-13-17-21-25-29-33-37-41-49-77-69(73)57-47-45-55-56-46-48-58(70(74)78-50-42-38-34-30-26-22-18-14-10-6-2)64-60(72(76)80-52-44-40-36-32-28-24-20-16-12-8-4)54-62-68(66(56)64)67-61(81-62)53-59(63(57)65(55)67)71(75)79-51-43-39-35-31-27-23-19-15-11-7-3/h45-48,53-54H,5-44,49-52H2,1-4H3. The first kappa shape index (κ1) is 65.7. The Morgan fingerprint density at radius 1 is 0.272 bits per heavy atom. The van der Waals surface area contributed by atoms with Crippen LogP contribution in [0.1, 0.15) is 326 Å². The molecule has 0 saturated carbocycles. The number of benzene rings is 5. The molecule has 6 rings (SSSR count). The lowest BCUT2D eigenvalue weighted by Crippen LogP contribution is -2.13. The van der Waals surface area contributed by atoms with E-state index in [0.29, 0.717) is 59.5 Å². The predicted molar refractivity (Wildman–Crippen MR) is 343 cm³/mol. The number of ether oxygens (including phenoxy) is 4. The number of fused-ring (bicyclic) bond motifs is 1. The molecule has 9 heteroatoms. The van der Waals surface area contributed by atoms with E-state index in [1.54, 1.807) is 12.1 Å². The van der Waals surface area contributed by atoms with E-state index in [4.69, 9.17) is 18.9 Å². The molecule has 0 radical (unpaired) electrons. The fraction of sp³-hybridized carbons (Fsp3) is 0.667. The van der Waals surface area contributed by atoms with Gasteiger partial charge in [0.05, 0.1) is 48.7 Å². The van der Waals surface area contributed by atoms with Crippen molar-refractivity contribution in [3.63, 3.8) is 0 Å². The first-order chi connectivity index (χ1) is 39.9. The number of rotatable bonds is 48. The lowest BCUT2D eigenvalue weighted by atomic mass is 9.84. The number of carbonyl (C=O) groups excluding carboxylic acids is 4. The summed E-state index contributed by atoms with van der Waals surface area (Å²) in [5, 5.41) is 6.08. The molecule has 6 aromatic rings. The fourth-order valence-electron chi connectivity index (χ4n) is 12.3. The van der Waals surface area contributed by atoms with Gasteiger partial charge in [-0.15, -0.1) is 11.3 Å². The highest BCUT2D eigenvalue weighted by Gasteiger charge is 2.31. The maximum atomic E-state index is 14.6. The van der Waals surface area contributed by atoms with Gasteiger partial charge in [0.25, 0.3) is 0 Å². The van der Waals surface area contributed by atoms with Crippen LogP contribution in [0.2, 0.25) is 0 Å². The molecule has 0 unspecified atom stereocenters. The SMILES string of the molecule is CCCCCCCCCCCCOC(=O)c1ccc2c3ccc(C(=O)OCCCCCCCCCCCC)c4c(C(=O)OCCCCCCCCCCCC)cc5sc6cc(C(=O)OCCCCCCCCCCCC)c1c2c6c5c43. The third-order valence-corrected chi connectivity index (χ3v) is 18.1. The van der Waals surface area contributed by atoms with Crippen LogP contribution in [0.25, 0.3) is 52.5 Å². The van der Waals surface area contributed by atoms with Gasteiger partial charge >= 0.3 is 23.9 Å². The lowest BCUT2D eigenvalue weighted by Gasteiger charge is -2.20. The van der Waals surface area contributed by atoms with Crippen molar-refractivity contribution in [3.8, 4) is 0 Å². The second-order valence-electron chi connectivity index (χ2n) is 23.8. The summed E-state index contributed by atoms with van der Waals surface area (Å²) in [6, 6.07) is 11.3. The molecule has 0 aliphatic heterocycles. The van der Waals surface area contributed by atoms with Crippen LogP contribution >= 0.6 is 11.3 Å². The van der Waals surface area contributed by atoms with Gasteiger partial charge in [0.2, 0.25) is 0 Å². The molecule has 0 spiro atoms. The summed E-state index contributed by atoms with van der Waals surface area (Å²) in [6.07, 6.45) is 47.2. The second-order valence-corrected chi connectivity index (χ2v) is 24.9. The van der Waals surface area contributed by atoms with Crippen LogP contribution in [0.5, 0.6) is 0 Å². The third kappa shape index (κ3) is 20.4. The van der Waals surface area contributed by atoms with E-state index in [9.17, 15) is 19.2 Å². The minimum absolute atomic E-state index is 0.297. The van der Waals surface area contributed by atoms with Crippen molar-refractivity contribution >= 4 is 87.7 Å². The van der Waals surface area contributed by atoms with Gasteiger partial charge in [0, 0.05) is 41.7 Å². The fourth-order valence-corrected chi connectivity index (χ4v) is 13.5. The third-order valence-electron chi connectivity index (χ3n) is 17.1. The molecule has 0 amide bonds. The summed E-state index contributed by atoms with van der Waals surface area (Å²) in [7, 11) is 0. The minimum atomic E-state index is -0.459. The molecular weight excluding hydrogens is 1020 g/mol. The van der Waals surface area contributed by atoms with Crippen molar-refractivity contribution in [2.75, 3.05) is 26.4 Å². The molecule has 0 bridgehead atoms. The average molecular weight is 1130 g/mol. The van der Waals surface area contributed by atoms with Crippen LogP contribution < -0.4 is 0 Å². The first-order valence-corrected chi connectivity index (χ1v) is 34.3. The predicted octanol–water partition coefficient (Wildman–Crippen LogP) is 22.7. The van der Waals surface area contributed by atoms with Gasteiger partial charge in [-0.1, -0.05) is 271 Å². The normalized spacial score (nSPS) is 11.9. The van der Waals surface area contributed by atoms with E-state index in [2.05, 4.69) is 27.7 Å². The monoisotopic (exact) mass is 1130 g/mol. The average Bonchev–Trinajstić information content (AvgIpc) is 4.10. The molecule has 81 heavy (non-hydrogen) atoms. The van der Waals surface area contributed by atoms with Crippen LogP contribution in [0.4, 0.5) is 0 Å². The maximum absolute atomic E-state index is 14.6. The molecule has 1 heterocycles. The summed E-state index contributed by atoms with van der Waals surface area (Å²) in [4.78, 5) is 58.0. The van der Waals surface area contributed by atoms with E-state index in [0.717, 1.165) is 119 Å². The van der Waals surface area contributed by atoms with Gasteiger partial charge in [-0.25, -0.2) is 19.2 Å². The number of thiophene rings is 1. The number of esters is 4. The molecule has 5 aromatic carbocycles. The van der Waals surface area contributed by atoms with E-state index in [1.807, 2.05) is 24.3 Å². The Balaban J connectivity index is 1.28. The van der Waals surface area contributed by atoms with Crippen LogP contribution in [-0.4, -0.2) is 50.3 Å². The number of unbranched alkanes of at least 4 members (excludes halogenated alkanes) is 36. The van der Waals surface area contributed by atoms with Crippen LogP contribution in [-0.2, 0) is 18.9 Å². The maximum Gasteiger partial charge on any atom is 0.338 e. The molecule has 0 saturated heterocycles. The molecular formula is C72H106O8S. The number of hydrogen-bond donors (Lipinski definition) is 0. The quantitative estimate of drug-likeness (QED) is 0.0122. The molecule has 0 atom stereocenters. The van der Waals surface area contributed by atoms with E-state index in [-0.39, 0.29) is 0 Å². The Bertz CT molecular complexity index is 2550. The van der Waals surface area contributed by atoms with Crippen LogP contribution in [0.15, 0.2) is 36.4 Å². The second kappa shape index (κ2) is 38.4. The Labute approximate surface area is 493 Å². The summed E-state index contributed by atoms with van der Waals surface area (Å²) < 4.78 is 26.1. The zero-order chi connectivity index (χ0) is 57.3. The largest absolute Gasteiger partial charge is 0.462 e. The van der Waals surface area contributed by atoms with Crippen molar-refractivity contribution in [3.05, 3.63) is 58.7 Å². The van der Waals surface area contributed by atoms with Crippen molar-refractivity contribution in [2.24, 2.45) is 0 Å². The minimum Gasteiger partial charge on any atom is -0.462 e. The van der Waals surface area contributed by atoms with Gasteiger partial charge in [0.15, 0.2) is 0 Å². The number of carbonyl (C=O) groups is 4. The summed E-state index contributed by atoms with van der Waals surface area (Å²) in [5.74, 6) is -1.83. The molecule has 448 valence electrons. The molecule has 1 aromatic heterocycles. The number of hydrogen-bond acceptors (Lipinski definition) is 9. The van der Waals surface area contributed by atoms with E-state index < -0.39 is 23.9 Å². The molecule has 0 aliphatic rings. The van der Waals surface area contributed by atoms with Gasteiger partial charge in [-0.3, -0.25) is 0 Å².